The molecule has 0 unspecified atom stereocenters. The van der Waals surface area contributed by atoms with Gasteiger partial charge in [0.05, 0.1) is 21.3 Å². The van der Waals surface area contributed by atoms with Gasteiger partial charge in [0, 0.05) is 10.0 Å². The van der Waals surface area contributed by atoms with E-state index in [1.165, 1.54) is 21.3 Å². The second kappa shape index (κ2) is 7.61. The molecule has 0 aliphatic carbocycles. The number of carbonyl (C=O) groups excluding carboxylic acids is 1. The van der Waals surface area contributed by atoms with Gasteiger partial charge in [-0.2, -0.15) is 0 Å². The van der Waals surface area contributed by atoms with Gasteiger partial charge in [-0.1, -0.05) is 22.0 Å². The molecule has 0 N–H and O–H groups in total. The summed E-state index contributed by atoms with van der Waals surface area (Å²) in [4.78, 5) is 16.5. The zero-order valence-electron chi connectivity index (χ0n) is 14.4. The lowest BCUT2D eigenvalue weighted by Gasteiger charge is -2.12. The Hall–Kier alpha value is -2.80. The Morgan fingerprint density at radius 3 is 2.31 bits per heavy atom. The molecule has 0 saturated heterocycles. The second-order valence-electron chi connectivity index (χ2n) is 5.31. The van der Waals surface area contributed by atoms with Gasteiger partial charge in [0.15, 0.2) is 17.2 Å². The molecule has 0 bridgehead atoms. The maximum Gasteiger partial charge on any atom is 0.363 e. The Balaban J connectivity index is 2.00. The minimum Gasteiger partial charge on any atom is -0.493 e. The van der Waals surface area contributed by atoms with E-state index in [1.54, 1.807) is 18.2 Å². The van der Waals surface area contributed by atoms with Crippen LogP contribution in [0.4, 0.5) is 0 Å². The molecular formula is C19H16BrNO5. The number of rotatable bonds is 5. The molecule has 0 atom stereocenters. The summed E-state index contributed by atoms with van der Waals surface area (Å²) in [5.41, 5.74) is 1.57. The van der Waals surface area contributed by atoms with E-state index in [9.17, 15) is 4.79 Å². The van der Waals surface area contributed by atoms with Crippen molar-refractivity contribution in [2.75, 3.05) is 21.3 Å². The van der Waals surface area contributed by atoms with Gasteiger partial charge in [-0.15, -0.1) is 0 Å². The van der Waals surface area contributed by atoms with Gasteiger partial charge in [0.25, 0.3) is 0 Å². The molecule has 0 aromatic heterocycles. The monoisotopic (exact) mass is 417 g/mol. The molecule has 2 aromatic carbocycles. The van der Waals surface area contributed by atoms with E-state index in [2.05, 4.69) is 20.9 Å². The van der Waals surface area contributed by atoms with Crippen molar-refractivity contribution in [3.05, 3.63) is 57.7 Å². The largest absolute Gasteiger partial charge is 0.493 e. The van der Waals surface area contributed by atoms with E-state index in [4.69, 9.17) is 18.9 Å². The van der Waals surface area contributed by atoms with E-state index in [0.29, 0.717) is 28.4 Å². The van der Waals surface area contributed by atoms with Crippen LogP contribution in [-0.2, 0) is 9.53 Å². The molecule has 0 spiro atoms. The summed E-state index contributed by atoms with van der Waals surface area (Å²) in [5.74, 6) is 1.19. The summed E-state index contributed by atoms with van der Waals surface area (Å²) in [6.45, 7) is 0. The zero-order chi connectivity index (χ0) is 18.7. The van der Waals surface area contributed by atoms with Crippen molar-refractivity contribution >= 4 is 33.9 Å². The number of carbonyl (C=O) groups is 1. The highest BCUT2D eigenvalue weighted by atomic mass is 79.9. The smallest absolute Gasteiger partial charge is 0.363 e. The summed E-state index contributed by atoms with van der Waals surface area (Å²) in [7, 11) is 4.59. The number of halogens is 1. The van der Waals surface area contributed by atoms with E-state index in [-0.39, 0.29) is 11.6 Å². The Bertz CT molecular complexity index is 895. The fourth-order valence-electron chi connectivity index (χ4n) is 2.50. The maximum atomic E-state index is 12.2. The average molecular weight is 418 g/mol. The number of aliphatic imine (C=N–C) groups is 1. The molecule has 2 aromatic rings. The highest BCUT2D eigenvalue weighted by Crippen LogP contribution is 2.39. The van der Waals surface area contributed by atoms with Crippen molar-refractivity contribution in [1.82, 2.24) is 0 Å². The molecule has 0 amide bonds. The number of esters is 1. The van der Waals surface area contributed by atoms with Crippen LogP contribution in [-0.4, -0.2) is 33.2 Å². The third-order valence-corrected chi connectivity index (χ3v) is 4.18. The van der Waals surface area contributed by atoms with Crippen LogP contribution >= 0.6 is 15.9 Å². The first-order chi connectivity index (χ1) is 12.5. The lowest BCUT2D eigenvalue weighted by Crippen LogP contribution is -2.05. The summed E-state index contributed by atoms with van der Waals surface area (Å²) >= 11 is 3.39. The molecule has 0 radical (unpaired) electrons. The summed E-state index contributed by atoms with van der Waals surface area (Å²) in [5, 5.41) is 0. The number of methoxy groups -OCH3 is 3. The van der Waals surface area contributed by atoms with Gasteiger partial charge in [-0.05, 0) is 42.0 Å². The van der Waals surface area contributed by atoms with Crippen molar-refractivity contribution in [2.45, 2.75) is 0 Å². The standard InChI is InChI=1S/C19H16BrNO5/c1-23-15-8-11(9-16(24-2)17(15)25-3)7-14-19(22)26-18(21-14)12-5-4-6-13(20)10-12/h4-10H,1-3H3. The van der Waals surface area contributed by atoms with Crippen LogP contribution in [0.5, 0.6) is 17.2 Å². The van der Waals surface area contributed by atoms with Gasteiger partial charge < -0.3 is 18.9 Å². The Morgan fingerprint density at radius 1 is 1.04 bits per heavy atom. The molecule has 6 nitrogen and oxygen atoms in total. The molecular weight excluding hydrogens is 402 g/mol. The second-order valence-corrected chi connectivity index (χ2v) is 6.22. The number of ether oxygens (including phenoxy) is 4. The van der Waals surface area contributed by atoms with Crippen molar-refractivity contribution < 1.29 is 23.7 Å². The fraction of sp³-hybridized carbons (Fsp3) is 0.158. The van der Waals surface area contributed by atoms with Crippen molar-refractivity contribution in [1.29, 1.82) is 0 Å². The van der Waals surface area contributed by atoms with Gasteiger partial charge in [-0.3, -0.25) is 0 Å². The average Bonchev–Trinajstić information content (AvgIpc) is 3.01. The highest BCUT2D eigenvalue weighted by molar-refractivity contribution is 9.10. The number of hydrogen-bond donors (Lipinski definition) is 0. The van der Waals surface area contributed by atoms with Crippen molar-refractivity contribution in [3.8, 4) is 17.2 Å². The molecule has 1 aliphatic heterocycles. The van der Waals surface area contributed by atoms with Crippen molar-refractivity contribution in [3.63, 3.8) is 0 Å². The van der Waals surface area contributed by atoms with E-state index < -0.39 is 5.97 Å². The summed E-state index contributed by atoms with van der Waals surface area (Å²) in [6, 6.07) is 10.8. The normalized spacial score (nSPS) is 14.8. The van der Waals surface area contributed by atoms with Crippen LogP contribution in [0.15, 0.2) is 51.6 Å². The Kier molecular flexibility index (Phi) is 5.27. The molecule has 1 heterocycles. The van der Waals surface area contributed by atoms with Crippen LogP contribution in [0.2, 0.25) is 0 Å². The third-order valence-electron chi connectivity index (χ3n) is 3.68. The molecule has 26 heavy (non-hydrogen) atoms. The first kappa shape index (κ1) is 18.0. The van der Waals surface area contributed by atoms with Gasteiger partial charge in [0.1, 0.15) is 0 Å². The van der Waals surface area contributed by atoms with Crippen molar-refractivity contribution in [2.24, 2.45) is 4.99 Å². The number of benzene rings is 2. The topological polar surface area (TPSA) is 66.4 Å². The van der Waals surface area contributed by atoms with Crippen LogP contribution in [0.3, 0.4) is 0 Å². The number of cyclic esters (lactones) is 1. The first-order valence-corrected chi connectivity index (χ1v) is 8.43. The van der Waals surface area contributed by atoms with Gasteiger partial charge in [0.2, 0.25) is 11.6 Å². The highest BCUT2D eigenvalue weighted by Gasteiger charge is 2.24. The first-order valence-electron chi connectivity index (χ1n) is 7.64. The minimum absolute atomic E-state index is 0.189. The van der Waals surface area contributed by atoms with E-state index in [1.807, 2.05) is 24.3 Å². The Morgan fingerprint density at radius 2 is 1.73 bits per heavy atom. The Labute approximate surface area is 159 Å². The molecule has 134 valence electrons. The lowest BCUT2D eigenvalue weighted by molar-refractivity contribution is -0.129. The fourth-order valence-corrected chi connectivity index (χ4v) is 2.90. The quantitative estimate of drug-likeness (QED) is 0.546. The molecule has 0 saturated carbocycles. The summed E-state index contributed by atoms with van der Waals surface area (Å²) < 4.78 is 22.1. The maximum absolute atomic E-state index is 12.2. The third kappa shape index (κ3) is 3.57. The number of nitrogens with zero attached hydrogens (tertiary/aromatic N) is 1. The predicted octanol–water partition coefficient (Wildman–Crippen LogP) is 3.82. The molecule has 1 aliphatic rings. The predicted molar refractivity (Wildman–Crippen MR) is 101 cm³/mol. The van der Waals surface area contributed by atoms with E-state index in [0.717, 1.165) is 4.47 Å². The van der Waals surface area contributed by atoms with Gasteiger partial charge in [-0.25, -0.2) is 9.79 Å². The van der Waals surface area contributed by atoms with E-state index >= 15 is 0 Å². The number of hydrogen-bond acceptors (Lipinski definition) is 6. The van der Waals surface area contributed by atoms with Crippen LogP contribution in [0.1, 0.15) is 11.1 Å². The van der Waals surface area contributed by atoms with Crippen LogP contribution in [0, 0.1) is 0 Å². The minimum atomic E-state index is -0.520. The van der Waals surface area contributed by atoms with Gasteiger partial charge >= 0.3 is 5.97 Å². The molecule has 7 heteroatoms. The molecule has 3 rings (SSSR count). The van der Waals surface area contributed by atoms with Crippen LogP contribution < -0.4 is 14.2 Å². The lowest BCUT2D eigenvalue weighted by atomic mass is 10.1. The summed E-state index contributed by atoms with van der Waals surface area (Å²) in [6.07, 6.45) is 1.61. The van der Waals surface area contributed by atoms with Crippen LogP contribution in [0.25, 0.3) is 6.08 Å². The zero-order valence-corrected chi connectivity index (χ0v) is 16.0. The SMILES string of the molecule is COc1cc(C=C2N=C(c3cccc(Br)c3)OC2=O)cc(OC)c1OC. The molecule has 0 fully saturated rings.